The third-order valence-corrected chi connectivity index (χ3v) is 1.88. The predicted octanol–water partition coefficient (Wildman–Crippen LogP) is 1.95. The van der Waals surface area contributed by atoms with Gasteiger partial charge in [0, 0.05) is 18.3 Å². The van der Waals surface area contributed by atoms with E-state index in [1.165, 1.54) is 6.20 Å². The van der Waals surface area contributed by atoms with E-state index in [1.807, 2.05) is 0 Å². The number of aromatic amines is 1. The van der Waals surface area contributed by atoms with E-state index in [2.05, 4.69) is 4.98 Å². The van der Waals surface area contributed by atoms with Crippen LogP contribution in [0.25, 0.3) is 10.9 Å². The summed E-state index contributed by atoms with van der Waals surface area (Å²) in [7, 11) is 0. The molecule has 0 fully saturated rings. The van der Waals surface area contributed by atoms with E-state index in [4.69, 9.17) is 0 Å². The summed E-state index contributed by atoms with van der Waals surface area (Å²) in [6, 6.07) is 1.40. The summed E-state index contributed by atoms with van der Waals surface area (Å²) in [5, 5.41) is -0.593. The van der Waals surface area contributed by atoms with Gasteiger partial charge in [0.15, 0.2) is 22.9 Å². The number of pyridine rings is 1. The molecule has 0 unspecified atom stereocenters. The number of rotatable bonds is 0. The van der Waals surface area contributed by atoms with Crippen molar-refractivity contribution in [2.75, 3.05) is 0 Å². The Labute approximate surface area is 76.0 Å². The zero-order valence-electron chi connectivity index (χ0n) is 6.77. The van der Waals surface area contributed by atoms with Gasteiger partial charge in [-0.05, 0) is 0 Å². The highest BCUT2D eigenvalue weighted by Gasteiger charge is 2.14. The summed E-state index contributed by atoms with van der Waals surface area (Å²) in [5.74, 6) is -3.69. The number of hydrogen-bond acceptors (Lipinski definition) is 1. The van der Waals surface area contributed by atoms with Crippen LogP contribution in [0.2, 0.25) is 0 Å². The SMILES string of the molecule is O=c1cc[nH]c2c(F)cc(F)c(F)c12. The van der Waals surface area contributed by atoms with Crippen molar-refractivity contribution in [3.63, 3.8) is 0 Å². The fourth-order valence-electron chi connectivity index (χ4n) is 1.25. The van der Waals surface area contributed by atoms with Crippen LogP contribution < -0.4 is 5.43 Å². The van der Waals surface area contributed by atoms with E-state index in [0.717, 1.165) is 6.07 Å². The molecule has 0 amide bonds. The van der Waals surface area contributed by atoms with Crippen LogP contribution in [-0.4, -0.2) is 4.98 Å². The van der Waals surface area contributed by atoms with Gasteiger partial charge in [0.1, 0.15) is 0 Å². The quantitative estimate of drug-likeness (QED) is 0.646. The second-order valence-corrected chi connectivity index (χ2v) is 2.75. The molecule has 0 aliphatic rings. The minimum Gasteiger partial charge on any atom is -0.358 e. The molecule has 0 saturated carbocycles. The van der Waals surface area contributed by atoms with Gasteiger partial charge in [-0.25, -0.2) is 13.2 Å². The van der Waals surface area contributed by atoms with Crippen LogP contribution in [0.5, 0.6) is 0 Å². The first kappa shape index (κ1) is 8.80. The maximum atomic E-state index is 13.1. The monoisotopic (exact) mass is 199 g/mol. The molecule has 0 aliphatic heterocycles. The van der Waals surface area contributed by atoms with Gasteiger partial charge in [-0.2, -0.15) is 0 Å². The molecule has 1 aromatic carbocycles. The molecule has 14 heavy (non-hydrogen) atoms. The van der Waals surface area contributed by atoms with Crippen molar-refractivity contribution < 1.29 is 13.2 Å². The second-order valence-electron chi connectivity index (χ2n) is 2.75. The Bertz CT molecular complexity index is 562. The highest BCUT2D eigenvalue weighted by atomic mass is 19.2. The first-order valence-electron chi connectivity index (χ1n) is 3.76. The standard InChI is InChI=1S/C9H4F3NO/c10-4-3-5(11)9-7(8(4)12)6(14)1-2-13-9/h1-3H,(H,13,14). The van der Waals surface area contributed by atoms with Crippen LogP contribution in [0.3, 0.4) is 0 Å². The number of halogens is 3. The van der Waals surface area contributed by atoms with Crippen LogP contribution >= 0.6 is 0 Å². The Hall–Kier alpha value is -1.78. The number of aromatic nitrogens is 1. The Morgan fingerprint density at radius 2 is 1.86 bits per heavy atom. The Kier molecular flexibility index (Phi) is 1.80. The molecule has 1 aromatic heterocycles. The largest absolute Gasteiger partial charge is 0.358 e. The number of hydrogen-bond donors (Lipinski definition) is 1. The summed E-state index contributed by atoms with van der Waals surface area (Å²) in [6.45, 7) is 0. The first-order chi connectivity index (χ1) is 6.61. The van der Waals surface area contributed by atoms with E-state index in [0.29, 0.717) is 6.07 Å². The minimum atomic E-state index is -1.37. The molecule has 0 aliphatic carbocycles. The lowest BCUT2D eigenvalue weighted by atomic mass is 10.2. The molecule has 5 heteroatoms. The first-order valence-corrected chi connectivity index (χ1v) is 3.76. The van der Waals surface area contributed by atoms with Crippen LogP contribution in [0.15, 0.2) is 23.1 Å². The molecule has 72 valence electrons. The third-order valence-electron chi connectivity index (χ3n) is 1.88. The lowest BCUT2D eigenvalue weighted by Gasteiger charge is -2.00. The van der Waals surface area contributed by atoms with E-state index < -0.39 is 28.3 Å². The van der Waals surface area contributed by atoms with Crippen molar-refractivity contribution in [1.29, 1.82) is 0 Å². The van der Waals surface area contributed by atoms with Crippen molar-refractivity contribution in [2.45, 2.75) is 0 Å². The molecule has 2 aromatic rings. The van der Waals surface area contributed by atoms with Crippen molar-refractivity contribution in [2.24, 2.45) is 0 Å². The van der Waals surface area contributed by atoms with E-state index in [9.17, 15) is 18.0 Å². The summed E-state index contributed by atoms with van der Waals surface area (Å²) in [5.41, 5.74) is -1.08. The van der Waals surface area contributed by atoms with Crippen molar-refractivity contribution in [3.8, 4) is 0 Å². The molecule has 0 saturated heterocycles. The van der Waals surface area contributed by atoms with Gasteiger partial charge in [-0.1, -0.05) is 0 Å². The molecule has 2 nitrogen and oxygen atoms in total. The van der Waals surface area contributed by atoms with Gasteiger partial charge < -0.3 is 4.98 Å². The van der Waals surface area contributed by atoms with E-state index >= 15 is 0 Å². The van der Waals surface area contributed by atoms with E-state index in [1.54, 1.807) is 0 Å². The van der Waals surface area contributed by atoms with Gasteiger partial charge in [-0.15, -0.1) is 0 Å². The Morgan fingerprint density at radius 3 is 2.57 bits per heavy atom. The highest BCUT2D eigenvalue weighted by molar-refractivity contribution is 5.79. The molecule has 0 radical (unpaired) electrons. The lowest BCUT2D eigenvalue weighted by molar-refractivity contribution is 0.504. The van der Waals surface area contributed by atoms with Crippen molar-refractivity contribution in [1.82, 2.24) is 4.98 Å². The van der Waals surface area contributed by atoms with Crippen molar-refractivity contribution in [3.05, 3.63) is 46.0 Å². The average molecular weight is 199 g/mol. The summed E-state index contributed by atoms with van der Waals surface area (Å²) in [6.07, 6.45) is 1.17. The maximum Gasteiger partial charge on any atom is 0.192 e. The molecular weight excluding hydrogens is 195 g/mol. The molecule has 0 bridgehead atoms. The molecule has 1 N–H and O–H groups in total. The fraction of sp³-hybridized carbons (Fsp3) is 0. The lowest BCUT2D eigenvalue weighted by Crippen LogP contribution is -2.05. The van der Waals surface area contributed by atoms with Crippen LogP contribution in [0.4, 0.5) is 13.2 Å². The summed E-state index contributed by atoms with van der Waals surface area (Å²) in [4.78, 5) is 13.5. The van der Waals surface area contributed by atoms with Gasteiger partial charge >= 0.3 is 0 Å². The molecule has 0 atom stereocenters. The second kappa shape index (κ2) is 2.87. The third kappa shape index (κ3) is 1.09. The molecule has 0 spiro atoms. The smallest absolute Gasteiger partial charge is 0.192 e. The topological polar surface area (TPSA) is 32.9 Å². The Balaban J connectivity index is 3.11. The van der Waals surface area contributed by atoms with Gasteiger partial charge in [0.25, 0.3) is 0 Å². The van der Waals surface area contributed by atoms with Crippen LogP contribution in [0, 0.1) is 17.5 Å². The zero-order chi connectivity index (χ0) is 10.3. The fourth-order valence-corrected chi connectivity index (χ4v) is 1.25. The average Bonchev–Trinajstić information content (AvgIpc) is 2.14. The van der Waals surface area contributed by atoms with Gasteiger partial charge in [0.2, 0.25) is 0 Å². The molecular formula is C9H4F3NO. The van der Waals surface area contributed by atoms with Crippen LogP contribution in [-0.2, 0) is 0 Å². The summed E-state index contributed by atoms with van der Waals surface area (Å²) < 4.78 is 38.8. The molecule has 2 rings (SSSR count). The number of nitrogens with one attached hydrogen (secondary N) is 1. The highest BCUT2D eigenvalue weighted by Crippen LogP contribution is 2.18. The molecule has 1 heterocycles. The number of benzene rings is 1. The van der Waals surface area contributed by atoms with E-state index in [-0.39, 0.29) is 5.52 Å². The minimum absolute atomic E-state index is 0.323. The van der Waals surface area contributed by atoms with Crippen molar-refractivity contribution >= 4 is 10.9 Å². The number of H-pyrrole nitrogens is 1. The van der Waals surface area contributed by atoms with Gasteiger partial charge in [0.05, 0.1) is 10.9 Å². The zero-order valence-corrected chi connectivity index (χ0v) is 6.77. The number of fused-ring (bicyclic) bond motifs is 1. The van der Waals surface area contributed by atoms with Gasteiger partial charge in [-0.3, -0.25) is 4.79 Å². The maximum absolute atomic E-state index is 13.1. The normalized spacial score (nSPS) is 10.8. The Morgan fingerprint density at radius 1 is 1.14 bits per heavy atom. The predicted molar refractivity (Wildman–Crippen MR) is 44.4 cm³/mol. The van der Waals surface area contributed by atoms with Crippen LogP contribution in [0.1, 0.15) is 0 Å². The summed E-state index contributed by atoms with van der Waals surface area (Å²) >= 11 is 0.